The maximum Gasteiger partial charge on any atom is 0.201 e. The first kappa shape index (κ1) is 11.5. The highest BCUT2D eigenvalue weighted by Gasteiger charge is 2.08. The smallest absolute Gasteiger partial charge is 0.201 e. The highest BCUT2D eigenvalue weighted by molar-refractivity contribution is 6.42. The third kappa shape index (κ3) is 2.23. The summed E-state index contributed by atoms with van der Waals surface area (Å²) in [6.45, 7) is 1.27. The SMILES string of the molecule is CC(CF)Nc1nc2cc(Cl)c(Cl)cc2[nH]1. The molecule has 0 saturated heterocycles. The van der Waals surface area contributed by atoms with E-state index in [1.807, 2.05) is 0 Å². The molecule has 1 aromatic carbocycles. The first-order chi connectivity index (χ1) is 7.60. The Hall–Kier alpha value is -1.00. The maximum atomic E-state index is 12.3. The Balaban J connectivity index is 2.36. The summed E-state index contributed by atoms with van der Waals surface area (Å²) in [6.07, 6.45) is 0. The number of hydrogen-bond acceptors (Lipinski definition) is 2. The minimum Gasteiger partial charge on any atom is -0.351 e. The van der Waals surface area contributed by atoms with E-state index in [1.54, 1.807) is 19.1 Å². The number of aromatic amines is 1. The van der Waals surface area contributed by atoms with E-state index < -0.39 is 6.67 Å². The second-order valence-corrected chi connectivity index (χ2v) is 4.38. The Bertz CT molecular complexity index is 473. The third-order valence-corrected chi connectivity index (χ3v) is 2.86. The lowest BCUT2D eigenvalue weighted by molar-refractivity contribution is 0.459. The monoisotopic (exact) mass is 261 g/mol. The molecule has 0 spiro atoms. The van der Waals surface area contributed by atoms with E-state index in [9.17, 15) is 4.39 Å². The van der Waals surface area contributed by atoms with Gasteiger partial charge in [-0.05, 0) is 19.1 Å². The number of anilines is 1. The molecule has 0 aliphatic rings. The molecular weight excluding hydrogens is 252 g/mol. The molecule has 3 nitrogen and oxygen atoms in total. The molecule has 16 heavy (non-hydrogen) atoms. The quantitative estimate of drug-likeness (QED) is 0.886. The van der Waals surface area contributed by atoms with E-state index >= 15 is 0 Å². The van der Waals surface area contributed by atoms with Crippen LogP contribution in [0.5, 0.6) is 0 Å². The number of benzene rings is 1. The summed E-state index contributed by atoms with van der Waals surface area (Å²) in [7, 11) is 0. The van der Waals surface area contributed by atoms with Gasteiger partial charge in [-0.1, -0.05) is 23.2 Å². The number of H-pyrrole nitrogens is 1. The summed E-state index contributed by atoms with van der Waals surface area (Å²) in [4.78, 5) is 7.22. The third-order valence-electron chi connectivity index (χ3n) is 2.14. The fourth-order valence-corrected chi connectivity index (χ4v) is 1.67. The fourth-order valence-electron chi connectivity index (χ4n) is 1.35. The summed E-state index contributed by atoms with van der Waals surface area (Å²) < 4.78 is 12.3. The molecule has 2 N–H and O–H groups in total. The van der Waals surface area contributed by atoms with E-state index in [-0.39, 0.29) is 6.04 Å². The van der Waals surface area contributed by atoms with E-state index in [1.165, 1.54) is 0 Å². The lowest BCUT2D eigenvalue weighted by Gasteiger charge is -2.06. The first-order valence-corrected chi connectivity index (χ1v) is 5.53. The van der Waals surface area contributed by atoms with Crippen LogP contribution in [0, 0.1) is 0 Å². The highest BCUT2D eigenvalue weighted by atomic mass is 35.5. The van der Waals surface area contributed by atoms with Crippen LogP contribution in [-0.4, -0.2) is 22.7 Å². The molecule has 1 atom stereocenters. The zero-order valence-corrected chi connectivity index (χ0v) is 10.0. The minimum atomic E-state index is -0.460. The second kappa shape index (κ2) is 4.47. The Morgan fingerprint density at radius 3 is 2.81 bits per heavy atom. The van der Waals surface area contributed by atoms with Gasteiger partial charge in [0.15, 0.2) is 0 Å². The fraction of sp³-hybridized carbons (Fsp3) is 0.300. The summed E-state index contributed by atoms with van der Waals surface area (Å²) in [6, 6.07) is 3.07. The molecule has 0 amide bonds. The number of alkyl halides is 1. The van der Waals surface area contributed by atoms with Crippen LogP contribution in [0.25, 0.3) is 11.0 Å². The predicted octanol–water partition coefficient (Wildman–Crippen LogP) is 3.64. The highest BCUT2D eigenvalue weighted by Crippen LogP contribution is 2.27. The number of nitrogens with zero attached hydrogens (tertiary/aromatic N) is 1. The van der Waals surface area contributed by atoms with Crippen molar-refractivity contribution in [3.05, 3.63) is 22.2 Å². The van der Waals surface area contributed by atoms with E-state index in [4.69, 9.17) is 23.2 Å². The molecule has 86 valence electrons. The van der Waals surface area contributed by atoms with Gasteiger partial charge in [0.05, 0.1) is 27.1 Å². The molecule has 1 aromatic heterocycles. The van der Waals surface area contributed by atoms with Crippen molar-refractivity contribution >= 4 is 40.2 Å². The van der Waals surface area contributed by atoms with Crippen molar-refractivity contribution in [2.75, 3.05) is 12.0 Å². The van der Waals surface area contributed by atoms with Gasteiger partial charge in [-0.25, -0.2) is 9.37 Å². The maximum absolute atomic E-state index is 12.3. The van der Waals surface area contributed by atoms with Gasteiger partial charge in [0, 0.05) is 0 Å². The van der Waals surface area contributed by atoms with Crippen LogP contribution in [0.15, 0.2) is 12.1 Å². The van der Waals surface area contributed by atoms with Crippen molar-refractivity contribution in [1.82, 2.24) is 9.97 Å². The summed E-state index contributed by atoms with van der Waals surface area (Å²) in [5.41, 5.74) is 1.46. The first-order valence-electron chi connectivity index (χ1n) is 4.77. The largest absolute Gasteiger partial charge is 0.351 e. The molecule has 6 heteroatoms. The van der Waals surface area contributed by atoms with Gasteiger partial charge in [0.25, 0.3) is 0 Å². The lowest BCUT2D eigenvalue weighted by Crippen LogP contribution is -2.17. The van der Waals surface area contributed by atoms with Gasteiger partial charge in [-0.2, -0.15) is 0 Å². The Morgan fingerprint density at radius 1 is 1.44 bits per heavy atom. The second-order valence-electron chi connectivity index (χ2n) is 3.57. The minimum absolute atomic E-state index is 0.286. The average molecular weight is 262 g/mol. The number of nitrogens with one attached hydrogen (secondary N) is 2. The predicted molar refractivity (Wildman–Crippen MR) is 65.2 cm³/mol. The van der Waals surface area contributed by atoms with Crippen molar-refractivity contribution in [3.8, 4) is 0 Å². The Kier molecular flexibility index (Phi) is 3.21. The number of rotatable bonds is 3. The summed E-state index contributed by atoms with van der Waals surface area (Å²) >= 11 is 11.7. The zero-order valence-electron chi connectivity index (χ0n) is 8.52. The van der Waals surface area contributed by atoms with Gasteiger partial charge in [-0.3, -0.25) is 0 Å². The van der Waals surface area contributed by atoms with Crippen LogP contribution in [0.2, 0.25) is 10.0 Å². The number of imidazole rings is 1. The molecule has 2 rings (SSSR count). The molecular formula is C10H10Cl2FN3. The molecule has 2 aromatic rings. The van der Waals surface area contributed by atoms with Gasteiger partial charge in [0.2, 0.25) is 5.95 Å². The molecule has 0 aliphatic heterocycles. The molecule has 1 heterocycles. The van der Waals surface area contributed by atoms with Crippen molar-refractivity contribution in [2.24, 2.45) is 0 Å². The molecule has 0 fully saturated rings. The summed E-state index contributed by atoms with van der Waals surface area (Å²) in [5.74, 6) is 0.512. The molecule has 0 bridgehead atoms. The molecule has 0 aliphatic carbocycles. The van der Waals surface area contributed by atoms with E-state index in [0.717, 1.165) is 5.52 Å². The van der Waals surface area contributed by atoms with E-state index in [2.05, 4.69) is 15.3 Å². The van der Waals surface area contributed by atoms with Crippen LogP contribution >= 0.6 is 23.2 Å². The lowest BCUT2D eigenvalue weighted by atomic mass is 10.3. The Morgan fingerprint density at radius 2 is 2.12 bits per heavy atom. The van der Waals surface area contributed by atoms with Gasteiger partial charge in [0.1, 0.15) is 6.67 Å². The number of halogens is 3. The Labute approximate surface area is 102 Å². The van der Waals surface area contributed by atoms with Crippen molar-refractivity contribution in [3.63, 3.8) is 0 Å². The topological polar surface area (TPSA) is 40.7 Å². The van der Waals surface area contributed by atoms with Crippen LogP contribution in [0.4, 0.5) is 10.3 Å². The standard InChI is InChI=1S/C10H10Cl2FN3/c1-5(4-13)14-10-15-8-2-6(11)7(12)3-9(8)16-10/h2-3,5H,4H2,1H3,(H2,14,15,16). The molecule has 0 saturated carbocycles. The van der Waals surface area contributed by atoms with Crippen molar-refractivity contribution in [2.45, 2.75) is 13.0 Å². The van der Waals surface area contributed by atoms with Crippen LogP contribution in [0.1, 0.15) is 6.92 Å². The normalized spacial score (nSPS) is 13.0. The number of aromatic nitrogens is 2. The summed E-state index contributed by atoms with van der Waals surface area (Å²) in [5, 5.41) is 3.80. The van der Waals surface area contributed by atoms with Crippen LogP contribution in [0.3, 0.4) is 0 Å². The van der Waals surface area contributed by atoms with Crippen LogP contribution < -0.4 is 5.32 Å². The van der Waals surface area contributed by atoms with Crippen molar-refractivity contribution in [1.29, 1.82) is 0 Å². The molecule has 1 unspecified atom stereocenters. The molecule has 0 radical (unpaired) electrons. The number of fused-ring (bicyclic) bond motifs is 1. The van der Waals surface area contributed by atoms with Gasteiger partial charge >= 0.3 is 0 Å². The average Bonchev–Trinajstić information content (AvgIpc) is 2.60. The van der Waals surface area contributed by atoms with Crippen LogP contribution in [-0.2, 0) is 0 Å². The number of hydrogen-bond donors (Lipinski definition) is 2. The van der Waals surface area contributed by atoms with Gasteiger partial charge in [-0.15, -0.1) is 0 Å². The van der Waals surface area contributed by atoms with Crippen molar-refractivity contribution < 1.29 is 4.39 Å². The zero-order chi connectivity index (χ0) is 11.7. The van der Waals surface area contributed by atoms with E-state index in [0.29, 0.717) is 21.5 Å². The van der Waals surface area contributed by atoms with Gasteiger partial charge < -0.3 is 10.3 Å².